The smallest absolute Gasteiger partial charge is 0.292 e. The molecular weight excluding hydrogens is 394 g/mol. The summed E-state index contributed by atoms with van der Waals surface area (Å²) in [6.07, 6.45) is 0.779. The van der Waals surface area contributed by atoms with Crippen LogP contribution in [0.5, 0.6) is 0 Å². The van der Waals surface area contributed by atoms with E-state index in [9.17, 15) is 14.9 Å². The molecule has 8 heteroatoms. The molecule has 0 unspecified atom stereocenters. The van der Waals surface area contributed by atoms with E-state index in [0.717, 1.165) is 15.8 Å². The van der Waals surface area contributed by atoms with Gasteiger partial charge in [-0.3, -0.25) is 14.9 Å². The summed E-state index contributed by atoms with van der Waals surface area (Å²) in [6.45, 7) is 2.48. The third-order valence-corrected chi connectivity index (χ3v) is 5.34. The van der Waals surface area contributed by atoms with Gasteiger partial charge in [0.2, 0.25) is 0 Å². The number of nitro benzene ring substituents is 1. The van der Waals surface area contributed by atoms with Gasteiger partial charge in [-0.1, -0.05) is 22.0 Å². The maximum atomic E-state index is 12.5. The molecule has 3 rings (SSSR count). The Labute approximate surface area is 152 Å². The molecule has 0 radical (unpaired) electrons. The highest BCUT2D eigenvalue weighted by atomic mass is 79.9. The Morgan fingerprint density at radius 3 is 2.75 bits per heavy atom. The van der Waals surface area contributed by atoms with Crippen molar-refractivity contribution in [1.82, 2.24) is 4.90 Å². The summed E-state index contributed by atoms with van der Waals surface area (Å²) < 4.78 is 0.805. The number of amides is 1. The van der Waals surface area contributed by atoms with Gasteiger partial charge in [0.1, 0.15) is 5.69 Å². The molecule has 126 valence electrons. The Morgan fingerprint density at radius 2 is 2.04 bits per heavy atom. The van der Waals surface area contributed by atoms with Crippen LogP contribution in [0.3, 0.4) is 0 Å². The summed E-state index contributed by atoms with van der Waals surface area (Å²) in [4.78, 5) is 28.0. The number of anilines is 1. The molecule has 1 aliphatic rings. The number of hydrogen-bond acceptors (Lipinski definition) is 5. The van der Waals surface area contributed by atoms with E-state index in [1.807, 2.05) is 27.3 Å². The summed E-state index contributed by atoms with van der Waals surface area (Å²) in [7, 11) is 0. The lowest BCUT2D eigenvalue weighted by molar-refractivity contribution is -0.384. The zero-order chi connectivity index (χ0) is 17.1. The summed E-state index contributed by atoms with van der Waals surface area (Å²) in [6, 6.07) is 8.65. The molecule has 1 aromatic heterocycles. The Bertz CT molecular complexity index is 751. The van der Waals surface area contributed by atoms with Gasteiger partial charge in [-0.05, 0) is 30.0 Å². The molecule has 1 aromatic carbocycles. The van der Waals surface area contributed by atoms with Crippen LogP contribution in [0.2, 0.25) is 0 Å². The molecule has 1 amide bonds. The predicted octanol–water partition coefficient (Wildman–Crippen LogP) is 3.77. The number of halogens is 1. The number of nitrogens with zero attached hydrogens (tertiary/aromatic N) is 3. The molecule has 6 nitrogen and oxygen atoms in total. The number of thiophene rings is 1. The number of carbonyl (C=O) groups excluding carboxylic acids is 1. The van der Waals surface area contributed by atoms with Crippen molar-refractivity contribution in [1.29, 1.82) is 0 Å². The molecule has 0 spiro atoms. The minimum absolute atomic E-state index is 0.0376. The monoisotopic (exact) mass is 409 g/mol. The zero-order valence-corrected chi connectivity index (χ0v) is 15.3. The van der Waals surface area contributed by atoms with Crippen molar-refractivity contribution in [3.05, 3.63) is 55.2 Å². The quantitative estimate of drug-likeness (QED) is 0.571. The predicted molar refractivity (Wildman–Crippen MR) is 97.8 cm³/mol. The fourth-order valence-corrected chi connectivity index (χ4v) is 3.86. The highest BCUT2D eigenvalue weighted by Crippen LogP contribution is 2.32. The van der Waals surface area contributed by atoms with E-state index in [0.29, 0.717) is 31.9 Å². The first-order valence-electron chi connectivity index (χ1n) is 7.58. The minimum Gasteiger partial charge on any atom is -0.364 e. The van der Waals surface area contributed by atoms with E-state index in [1.54, 1.807) is 12.1 Å². The first-order chi connectivity index (χ1) is 11.6. The van der Waals surface area contributed by atoms with Crippen LogP contribution >= 0.6 is 27.3 Å². The third-order valence-electron chi connectivity index (χ3n) is 3.99. The van der Waals surface area contributed by atoms with Crippen molar-refractivity contribution >= 4 is 44.5 Å². The van der Waals surface area contributed by atoms with Crippen molar-refractivity contribution in [2.24, 2.45) is 0 Å². The lowest BCUT2D eigenvalue weighted by Gasteiger charge is -2.23. The van der Waals surface area contributed by atoms with Crippen LogP contribution < -0.4 is 4.90 Å². The highest BCUT2D eigenvalue weighted by Gasteiger charge is 2.25. The number of benzene rings is 1. The molecule has 0 bridgehead atoms. The fraction of sp³-hybridized carbons (Fsp3) is 0.312. The van der Waals surface area contributed by atoms with E-state index in [2.05, 4.69) is 15.9 Å². The van der Waals surface area contributed by atoms with E-state index in [-0.39, 0.29) is 16.5 Å². The van der Waals surface area contributed by atoms with Crippen LogP contribution in [0.4, 0.5) is 11.4 Å². The molecule has 1 saturated heterocycles. The minimum atomic E-state index is -0.360. The Kier molecular flexibility index (Phi) is 5.15. The maximum Gasteiger partial charge on any atom is 0.292 e. The van der Waals surface area contributed by atoms with Gasteiger partial charge in [0.05, 0.1) is 9.80 Å². The van der Waals surface area contributed by atoms with Crippen molar-refractivity contribution in [2.45, 2.75) is 6.42 Å². The second-order valence-electron chi connectivity index (χ2n) is 5.50. The molecule has 1 fully saturated rings. The number of hydrogen-bond donors (Lipinski definition) is 0. The number of nitro groups is 1. The van der Waals surface area contributed by atoms with Crippen LogP contribution in [0.15, 0.2) is 40.2 Å². The van der Waals surface area contributed by atoms with Gasteiger partial charge in [-0.25, -0.2) is 0 Å². The van der Waals surface area contributed by atoms with Gasteiger partial charge in [0.25, 0.3) is 11.6 Å². The Morgan fingerprint density at radius 1 is 1.21 bits per heavy atom. The van der Waals surface area contributed by atoms with Crippen LogP contribution in [-0.2, 0) is 0 Å². The van der Waals surface area contributed by atoms with Crippen LogP contribution in [0.25, 0.3) is 0 Å². The lowest BCUT2D eigenvalue weighted by Crippen LogP contribution is -2.35. The van der Waals surface area contributed by atoms with E-state index in [4.69, 9.17) is 0 Å². The Hall–Kier alpha value is -1.93. The van der Waals surface area contributed by atoms with Crippen molar-refractivity contribution in [3.63, 3.8) is 0 Å². The molecule has 0 saturated carbocycles. The molecule has 2 aromatic rings. The SMILES string of the molecule is O=C(c1cccs1)N1CCCN(c2cc(Br)ccc2[N+](=O)[O-])CC1. The molecule has 0 N–H and O–H groups in total. The van der Waals surface area contributed by atoms with Crippen molar-refractivity contribution in [2.75, 3.05) is 31.1 Å². The van der Waals surface area contributed by atoms with Crippen molar-refractivity contribution in [3.8, 4) is 0 Å². The summed E-state index contributed by atoms with van der Waals surface area (Å²) >= 11 is 4.82. The van der Waals surface area contributed by atoms with Crippen molar-refractivity contribution < 1.29 is 9.72 Å². The van der Waals surface area contributed by atoms with Gasteiger partial charge < -0.3 is 9.80 Å². The summed E-state index contributed by atoms with van der Waals surface area (Å²) in [5, 5.41) is 13.2. The van der Waals surface area contributed by atoms with Gasteiger partial charge >= 0.3 is 0 Å². The molecule has 0 aliphatic carbocycles. The van der Waals surface area contributed by atoms with Crippen LogP contribution in [-0.4, -0.2) is 41.9 Å². The average molecular weight is 410 g/mol. The number of rotatable bonds is 3. The van der Waals surface area contributed by atoms with Crippen LogP contribution in [0.1, 0.15) is 16.1 Å². The van der Waals surface area contributed by atoms with Gasteiger partial charge in [-0.2, -0.15) is 0 Å². The Balaban J connectivity index is 1.78. The summed E-state index contributed by atoms with van der Waals surface area (Å²) in [5.41, 5.74) is 0.691. The van der Waals surface area contributed by atoms with Gasteiger partial charge in [0, 0.05) is 36.7 Å². The normalized spacial score (nSPS) is 15.2. The standard InChI is InChI=1S/C16H16BrN3O3S/c17-12-4-5-13(20(22)23)14(11-12)18-6-2-7-19(9-8-18)16(21)15-3-1-10-24-15/h1,3-5,10-11H,2,6-9H2. The summed E-state index contributed by atoms with van der Waals surface area (Å²) in [5.74, 6) is 0.0376. The largest absolute Gasteiger partial charge is 0.364 e. The third kappa shape index (κ3) is 3.59. The molecular formula is C16H16BrN3O3S. The second-order valence-corrected chi connectivity index (χ2v) is 7.36. The van der Waals surface area contributed by atoms with E-state index < -0.39 is 0 Å². The lowest BCUT2D eigenvalue weighted by atomic mass is 10.2. The zero-order valence-electron chi connectivity index (χ0n) is 12.9. The van der Waals surface area contributed by atoms with E-state index in [1.165, 1.54) is 17.4 Å². The number of carbonyl (C=O) groups is 1. The second kappa shape index (κ2) is 7.31. The first-order valence-corrected chi connectivity index (χ1v) is 9.25. The van der Waals surface area contributed by atoms with Crippen LogP contribution in [0, 0.1) is 10.1 Å². The maximum absolute atomic E-state index is 12.5. The molecule has 0 atom stereocenters. The molecule has 24 heavy (non-hydrogen) atoms. The van der Waals surface area contributed by atoms with Gasteiger partial charge in [0.15, 0.2) is 0 Å². The molecule has 1 aliphatic heterocycles. The van der Waals surface area contributed by atoms with E-state index >= 15 is 0 Å². The first kappa shape index (κ1) is 16.9. The topological polar surface area (TPSA) is 66.7 Å². The fourth-order valence-electron chi connectivity index (χ4n) is 2.82. The van der Waals surface area contributed by atoms with Gasteiger partial charge in [-0.15, -0.1) is 11.3 Å². The highest BCUT2D eigenvalue weighted by molar-refractivity contribution is 9.10. The average Bonchev–Trinajstić information content (AvgIpc) is 2.98. The molecule has 2 heterocycles.